The van der Waals surface area contributed by atoms with Crippen LogP contribution in [0.1, 0.15) is 22.8 Å². The van der Waals surface area contributed by atoms with Gasteiger partial charge in [-0.1, -0.05) is 24.3 Å². The molecule has 1 rings (SSSR count). The highest BCUT2D eigenvalue weighted by molar-refractivity contribution is 5.74. The van der Waals surface area contributed by atoms with Crippen LogP contribution in [0.25, 0.3) is 0 Å². The molecule has 0 fully saturated rings. The topological polar surface area (TPSA) is 17.1 Å². The van der Waals surface area contributed by atoms with Crippen molar-refractivity contribution in [1.82, 2.24) is 0 Å². The van der Waals surface area contributed by atoms with Gasteiger partial charge in [0, 0.05) is 18.1 Å². The van der Waals surface area contributed by atoms with E-state index >= 15 is 0 Å². The molecular formula is C10H8F4O. The lowest BCUT2D eigenvalue weighted by molar-refractivity contribution is -0.204. The average Bonchev–Trinajstić information content (AvgIpc) is 2.16. The van der Waals surface area contributed by atoms with Crippen molar-refractivity contribution in [2.75, 3.05) is 0 Å². The number of rotatable bonds is 3. The number of carbonyl (C=O) groups excluding carboxylic acids is 1. The van der Waals surface area contributed by atoms with Crippen LogP contribution in [0.15, 0.2) is 24.3 Å². The van der Waals surface area contributed by atoms with Gasteiger partial charge in [0.1, 0.15) is 6.29 Å². The molecule has 0 spiro atoms. The molecule has 0 saturated carbocycles. The SMILES string of the molecule is CC(F)(F)C(F)(F)c1ccc(C=O)cc1. The third-order valence-electron chi connectivity index (χ3n) is 1.96. The van der Waals surface area contributed by atoms with Crippen LogP contribution in [0.3, 0.4) is 0 Å². The summed E-state index contributed by atoms with van der Waals surface area (Å²) in [5.74, 6) is -8.36. The third-order valence-corrected chi connectivity index (χ3v) is 1.96. The molecule has 0 unspecified atom stereocenters. The van der Waals surface area contributed by atoms with Crippen LogP contribution < -0.4 is 0 Å². The van der Waals surface area contributed by atoms with Crippen LogP contribution in [-0.4, -0.2) is 12.2 Å². The van der Waals surface area contributed by atoms with Gasteiger partial charge in [0.15, 0.2) is 0 Å². The first-order chi connectivity index (χ1) is 6.79. The second-order valence-electron chi connectivity index (χ2n) is 3.20. The monoisotopic (exact) mass is 220 g/mol. The summed E-state index contributed by atoms with van der Waals surface area (Å²) in [5, 5.41) is 0. The molecule has 1 aromatic rings. The molecule has 0 aromatic heterocycles. The van der Waals surface area contributed by atoms with Crippen molar-refractivity contribution in [1.29, 1.82) is 0 Å². The van der Waals surface area contributed by atoms with E-state index in [4.69, 9.17) is 0 Å². The summed E-state index contributed by atoms with van der Waals surface area (Å²) >= 11 is 0. The molecular weight excluding hydrogens is 212 g/mol. The molecule has 82 valence electrons. The number of halogens is 4. The summed E-state index contributed by atoms with van der Waals surface area (Å²) in [6.45, 7) is 0.153. The summed E-state index contributed by atoms with van der Waals surface area (Å²) in [6.07, 6.45) is 0.450. The highest BCUT2D eigenvalue weighted by Gasteiger charge is 2.53. The molecule has 15 heavy (non-hydrogen) atoms. The lowest BCUT2D eigenvalue weighted by Gasteiger charge is -2.23. The third kappa shape index (κ3) is 2.16. The Kier molecular flexibility index (Phi) is 2.83. The number of benzene rings is 1. The molecule has 0 atom stereocenters. The second kappa shape index (κ2) is 3.64. The van der Waals surface area contributed by atoms with E-state index in [0.717, 1.165) is 24.3 Å². The first-order valence-electron chi connectivity index (χ1n) is 4.10. The second-order valence-corrected chi connectivity index (χ2v) is 3.20. The van der Waals surface area contributed by atoms with Gasteiger partial charge in [-0.15, -0.1) is 0 Å². The zero-order valence-corrected chi connectivity index (χ0v) is 7.81. The van der Waals surface area contributed by atoms with Crippen LogP contribution in [0.5, 0.6) is 0 Å². The summed E-state index contributed by atoms with van der Waals surface area (Å²) < 4.78 is 51.2. The molecule has 0 radical (unpaired) electrons. The van der Waals surface area contributed by atoms with Gasteiger partial charge in [-0.25, -0.2) is 0 Å². The summed E-state index contributed by atoms with van der Waals surface area (Å²) in [5.41, 5.74) is -0.644. The fourth-order valence-electron chi connectivity index (χ4n) is 1.02. The summed E-state index contributed by atoms with van der Waals surface area (Å²) in [4.78, 5) is 10.2. The number of alkyl halides is 4. The van der Waals surface area contributed by atoms with Gasteiger partial charge in [-0.05, 0) is 0 Å². The zero-order chi connectivity index (χ0) is 11.7. The van der Waals surface area contributed by atoms with E-state index in [1.54, 1.807) is 0 Å². The van der Waals surface area contributed by atoms with E-state index in [2.05, 4.69) is 0 Å². The minimum Gasteiger partial charge on any atom is -0.298 e. The maximum absolute atomic E-state index is 13.1. The van der Waals surface area contributed by atoms with Gasteiger partial charge < -0.3 is 0 Å². The fraction of sp³-hybridized carbons (Fsp3) is 0.300. The molecule has 0 bridgehead atoms. The Morgan fingerprint density at radius 1 is 1.07 bits per heavy atom. The summed E-state index contributed by atoms with van der Waals surface area (Å²) in [6, 6.07) is 3.78. The molecule has 0 aliphatic rings. The Hall–Kier alpha value is -1.39. The largest absolute Gasteiger partial charge is 0.335 e. The van der Waals surface area contributed by atoms with Crippen LogP contribution in [0.4, 0.5) is 17.6 Å². The average molecular weight is 220 g/mol. The maximum Gasteiger partial charge on any atom is 0.335 e. The fourth-order valence-corrected chi connectivity index (χ4v) is 1.02. The predicted molar refractivity (Wildman–Crippen MR) is 46.3 cm³/mol. The molecule has 0 heterocycles. The standard InChI is InChI=1S/C10H8F4O/c1-9(11,12)10(13,14)8-4-2-7(6-15)3-5-8/h2-6H,1H3. The molecule has 0 N–H and O–H groups in total. The molecule has 5 heteroatoms. The number of carbonyl (C=O) groups is 1. The maximum atomic E-state index is 13.1. The smallest absolute Gasteiger partial charge is 0.298 e. The van der Waals surface area contributed by atoms with E-state index in [1.165, 1.54) is 0 Å². The van der Waals surface area contributed by atoms with Crippen LogP contribution in [0, 0.1) is 0 Å². The van der Waals surface area contributed by atoms with Crippen molar-refractivity contribution in [3.05, 3.63) is 35.4 Å². The lowest BCUT2D eigenvalue weighted by Crippen LogP contribution is -2.34. The lowest BCUT2D eigenvalue weighted by atomic mass is 10.0. The van der Waals surface area contributed by atoms with Gasteiger partial charge in [-0.2, -0.15) is 17.6 Å². The van der Waals surface area contributed by atoms with Crippen molar-refractivity contribution in [2.24, 2.45) is 0 Å². The van der Waals surface area contributed by atoms with E-state index in [-0.39, 0.29) is 12.5 Å². The molecule has 0 aliphatic carbocycles. The van der Waals surface area contributed by atoms with Crippen molar-refractivity contribution in [2.45, 2.75) is 18.8 Å². The van der Waals surface area contributed by atoms with Crippen molar-refractivity contribution in [3.63, 3.8) is 0 Å². The highest BCUT2D eigenvalue weighted by Crippen LogP contribution is 2.42. The van der Waals surface area contributed by atoms with Crippen LogP contribution in [-0.2, 0) is 5.92 Å². The van der Waals surface area contributed by atoms with Crippen molar-refractivity contribution in [3.8, 4) is 0 Å². The number of hydrogen-bond acceptors (Lipinski definition) is 1. The molecule has 0 amide bonds. The highest BCUT2D eigenvalue weighted by atomic mass is 19.3. The van der Waals surface area contributed by atoms with Gasteiger partial charge >= 0.3 is 11.8 Å². The van der Waals surface area contributed by atoms with Gasteiger partial charge in [0.25, 0.3) is 0 Å². The first kappa shape index (κ1) is 11.7. The van der Waals surface area contributed by atoms with E-state index < -0.39 is 17.4 Å². The van der Waals surface area contributed by atoms with Gasteiger partial charge in [0.05, 0.1) is 0 Å². The zero-order valence-electron chi connectivity index (χ0n) is 7.81. The Bertz CT molecular complexity index is 351. The minimum atomic E-state index is -4.23. The Balaban J connectivity index is 3.11. The van der Waals surface area contributed by atoms with Crippen LogP contribution >= 0.6 is 0 Å². The predicted octanol–water partition coefficient (Wildman–Crippen LogP) is 3.25. The molecule has 0 aliphatic heterocycles. The molecule has 1 aromatic carbocycles. The van der Waals surface area contributed by atoms with E-state index in [9.17, 15) is 22.4 Å². The minimum absolute atomic E-state index is 0.153. The Morgan fingerprint density at radius 2 is 1.53 bits per heavy atom. The van der Waals surface area contributed by atoms with Gasteiger partial charge in [-0.3, -0.25) is 4.79 Å². The van der Waals surface area contributed by atoms with Crippen LogP contribution in [0.2, 0.25) is 0 Å². The Labute approximate surface area is 83.7 Å². The number of aldehydes is 1. The van der Waals surface area contributed by atoms with E-state index in [0.29, 0.717) is 6.29 Å². The van der Waals surface area contributed by atoms with Crippen molar-refractivity contribution < 1.29 is 22.4 Å². The van der Waals surface area contributed by atoms with E-state index in [1.807, 2.05) is 0 Å². The molecule has 0 saturated heterocycles. The Morgan fingerprint density at radius 3 is 1.87 bits per heavy atom. The molecule has 1 nitrogen and oxygen atoms in total. The normalized spacial score (nSPS) is 12.6. The first-order valence-corrected chi connectivity index (χ1v) is 4.10. The quantitative estimate of drug-likeness (QED) is 0.564. The van der Waals surface area contributed by atoms with Crippen molar-refractivity contribution >= 4 is 6.29 Å². The number of hydrogen-bond donors (Lipinski definition) is 0. The van der Waals surface area contributed by atoms with Gasteiger partial charge in [0.2, 0.25) is 0 Å². The summed E-state index contributed by atoms with van der Waals surface area (Å²) in [7, 11) is 0.